The monoisotopic (exact) mass is 680 g/mol. The molecule has 4 amide bonds. The Hall–Kier alpha value is -4.92. The molecule has 4 aromatic rings. The normalized spacial score (nSPS) is 17.7. The van der Waals surface area contributed by atoms with Gasteiger partial charge in [0.1, 0.15) is 0 Å². The molecule has 6 rings (SSSR count). The van der Waals surface area contributed by atoms with Crippen LogP contribution in [0.1, 0.15) is 35.1 Å². The molecule has 2 fully saturated rings. The molecule has 2 aliphatic heterocycles. The van der Waals surface area contributed by atoms with Crippen LogP contribution in [0.5, 0.6) is 0 Å². The van der Waals surface area contributed by atoms with Crippen molar-refractivity contribution >= 4 is 70.4 Å². The number of anilines is 2. The summed E-state index contributed by atoms with van der Waals surface area (Å²) in [6.45, 7) is 1.65. The Morgan fingerprint density at radius 2 is 0.938 bits per heavy atom. The fourth-order valence-corrected chi connectivity index (χ4v) is 6.11. The maximum atomic E-state index is 12.9. The molecule has 0 aromatic heterocycles. The quantitative estimate of drug-likeness (QED) is 0.174. The summed E-state index contributed by atoms with van der Waals surface area (Å²) in [6.07, 6.45) is 4.30. The summed E-state index contributed by atoms with van der Waals surface area (Å²) in [6, 6.07) is 29.7. The van der Waals surface area contributed by atoms with Crippen molar-refractivity contribution < 1.29 is 19.2 Å². The van der Waals surface area contributed by atoms with Crippen LogP contribution in [-0.4, -0.2) is 46.5 Å². The smallest absolute Gasteiger partial charge is 0.229 e. The number of nitrogens with one attached hydrogen (secondary N) is 2. The van der Waals surface area contributed by atoms with Gasteiger partial charge >= 0.3 is 0 Å². The minimum absolute atomic E-state index is 0.0381. The molecule has 8 nitrogen and oxygen atoms in total. The van der Waals surface area contributed by atoms with Crippen LogP contribution in [0.3, 0.4) is 0 Å². The van der Waals surface area contributed by atoms with Gasteiger partial charge in [-0.05, 0) is 70.8 Å². The van der Waals surface area contributed by atoms with E-state index >= 15 is 0 Å². The molecule has 2 unspecified atom stereocenters. The molecular formula is C38H34Cl2N4O4. The highest BCUT2D eigenvalue weighted by Crippen LogP contribution is 2.25. The molecule has 0 aliphatic carbocycles. The summed E-state index contributed by atoms with van der Waals surface area (Å²) in [4.78, 5) is 54.3. The number of likely N-dealkylation sites (tertiary alicyclic amines) is 2. The van der Waals surface area contributed by atoms with Gasteiger partial charge in [0.2, 0.25) is 23.6 Å². The molecule has 10 heteroatoms. The number of rotatable bonds is 10. The van der Waals surface area contributed by atoms with Crippen LogP contribution in [0.15, 0.2) is 97.1 Å². The summed E-state index contributed by atoms with van der Waals surface area (Å²) in [5, 5.41) is 7.15. The predicted molar refractivity (Wildman–Crippen MR) is 189 cm³/mol. The predicted octanol–water partition coefficient (Wildman–Crippen LogP) is 7.14. The number of halogens is 2. The van der Waals surface area contributed by atoms with Crippen molar-refractivity contribution in [3.8, 4) is 0 Å². The molecule has 48 heavy (non-hydrogen) atoms. The lowest BCUT2D eigenvalue weighted by molar-refractivity contribution is -0.129. The van der Waals surface area contributed by atoms with Crippen molar-refractivity contribution in [2.45, 2.75) is 25.9 Å². The van der Waals surface area contributed by atoms with Crippen LogP contribution in [-0.2, 0) is 32.3 Å². The van der Waals surface area contributed by atoms with Gasteiger partial charge in [0.05, 0.1) is 11.8 Å². The van der Waals surface area contributed by atoms with Crippen molar-refractivity contribution in [3.63, 3.8) is 0 Å². The molecular weight excluding hydrogens is 647 g/mol. The lowest BCUT2D eigenvalue weighted by Gasteiger charge is -2.17. The number of carbonyl (C=O) groups excluding carboxylic acids is 4. The molecule has 0 radical (unpaired) electrons. The van der Waals surface area contributed by atoms with Gasteiger partial charge in [-0.2, -0.15) is 0 Å². The van der Waals surface area contributed by atoms with Gasteiger partial charge in [0.25, 0.3) is 0 Å². The van der Waals surface area contributed by atoms with Crippen molar-refractivity contribution in [1.29, 1.82) is 0 Å². The topological polar surface area (TPSA) is 98.8 Å². The zero-order valence-corrected chi connectivity index (χ0v) is 27.6. The summed E-state index contributed by atoms with van der Waals surface area (Å²) >= 11 is 11.9. The minimum atomic E-state index is -0.410. The third-order valence-electron chi connectivity index (χ3n) is 8.57. The highest BCUT2D eigenvalue weighted by molar-refractivity contribution is 6.30. The average molecular weight is 682 g/mol. The molecule has 2 N–H and O–H groups in total. The SMILES string of the molecule is O=C(Nc1ccc(/C=C/c2ccc(NC(=O)C3CC(=O)N(Cc4ccc(Cl)cc4)C3)cc2)cc1)C1CC(=O)N(Cc2ccc(Cl)cc2)C1. The molecule has 2 aliphatic rings. The maximum absolute atomic E-state index is 12.9. The van der Waals surface area contributed by atoms with Gasteiger partial charge in [-0.3, -0.25) is 19.2 Å². The molecule has 2 atom stereocenters. The van der Waals surface area contributed by atoms with Crippen molar-refractivity contribution in [2.75, 3.05) is 23.7 Å². The van der Waals surface area contributed by atoms with E-state index < -0.39 is 11.8 Å². The summed E-state index contributed by atoms with van der Waals surface area (Å²) < 4.78 is 0. The largest absolute Gasteiger partial charge is 0.338 e. The fraction of sp³-hybridized carbons (Fsp3) is 0.211. The maximum Gasteiger partial charge on any atom is 0.229 e. The van der Waals surface area contributed by atoms with Crippen LogP contribution >= 0.6 is 23.2 Å². The summed E-state index contributed by atoms with van der Waals surface area (Å²) in [7, 11) is 0. The Kier molecular flexibility index (Phi) is 10.2. The standard InChI is InChI=1S/C38H34Cl2N4O4/c39-31-11-3-27(4-12-31)21-43-23-29(19-35(43)45)37(47)41-33-15-7-25(8-16-33)1-2-26-9-17-34(18-10-26)42-38(48)30-20-36(46)44(24-30)22-28-5-13-32(40)14-6-28/h1-18,29-30H,19-24H2,(H,41,47)(H,42,48)/b2-1+. The van der Waals surface area contributed by atoms with E-state index in [0.29, 0.717) is 47.6 Å². The van der Waals surface area contributed by atoms with Gasteiger partial charge in [-0.25, -0.2) is 0 Å². The summed E-state index contributed by atoms with van der Waals surface area (Å²) in [5.41, 5.74) is 5.17. The molecule has 244 valence electrons. The van der Waals surface area contributed by atoms with Gasteiger partial charge in [0.15, 0.2) is 0 Å². The number of nitrogens with zero attached hydrogens (tertiary/aromatic N) is 2. The van der Waals surface area contributed by atoms with Crippen LogP contribution in [0.25, 0.3) is 12.2 Å². The molecule has 0 spiro atoms. The lowest BCUT2D eigenvalue weighted by Crippen LogP contribution is -2.28. The zero-order chi connectivity index (χ0) is 33.6. The first-order valence-corrected chi connectivity index (χ1v) is 16.5. The highest BCUT2D eigenvalue weighted by Gasteiger charge is 2.35. The first-order chi connectivity index (χ1) is 23.2. The highest BCUT2D eigenvalue weighted by atomic mass is 35.5. The molecule has 0 saturated carbocycles. The Bertz CT molecular complexity index is 1690. The van der Waals surface area contributed by atoms with Crippen LogP contribution in [0, 0.1) is 11.8 Å². The van der Waals surface area contributed by atoms with E-state index in [-0.39, 0.29) is 36.5 Å². The lowest BCUT2D eigenvalue weighted by atomic mass is 10.1. The van der Waals surface area contributed by atoms with E-state index in [2.05, 4.69) is 10.6 Å². The first-order valence-electron chi connectivity index (χ1n) is 15.7. The molecule has 4 aromatic carbocycles. The van der Waals surface area contributed by atoms with Gasteiger partial charge in [-0.15, -0.1) is 0 Å². The number of amides is 4. The number of benzene rings is 4. The van der Waals surface area contributed by atoms with Gasteiger partial charge in [-0.1, -0.05) is 83.9 Å². The van der Waals surface area contributed by atoms with E-state index in [0.717, 1.165) is 22.3 Å². The number of hydrogen-bond acceptors (Lipinski definition) is 4. The second-order valence-corrected chi connectivity index (χ2v) is 13.0. The minimum Gasteiger partial charge on any atom is -0.338 e. The number of hydrogen-bond donors (Lipinski definition) is 2. The Labute approximate surface area is 289 Å². The third kappa shape index (κ3) is 8.51. The van der Waals surface area contributed by atoms with Gasteiger partial charge < -0.3 is 20.4 Å². The summed E-state index contributed by atoms with van der Waals surface area (Å²) in [5.74, 6) is -1.24. The number of carbonyl (C=O) groups is 4. The first kappa shape index (κ1) is 33.0. The molecule has 2 saturated heterocycles. The van der Waals surface area contributed by atoms with Gasteiger partial charge in [0, 0.05) is 60.4 Å². The fourth-order valence-electron chi connectivity index (χ4n) is 5.86. The Balaban J connectivity index is 0.957. The second kappa shape index (κ2) is 14.9. The van der Waals surface area contributed by atoms with Crippen LogP contribution in [0.4, 0.5) is 11.4 Å². The van der Waals surface area contributed by atoms with E-state index in [4.69, 9.17) is 23.2 Å². The third-order valence-corrected chi connectivity index (χ3v) is 9.07. The van der Waals surface area contributed by atoms with E-state index in [1.807, 2.05) is 84.9 Å². The van der Waals surface area contributed by atoms with E-state index in [1.165, 1.54) is 0 Å². The van der Waals surface area contributed by atoms with E-state index in [9.17, 15) is 19.2 Å². The van der Waals surface area contributed by atoms with Crippen molar-refractivity contribution in [2.24, 2.45) is 11.8 Å². The van der Waals surface area contributed by atoms with Crippen molar-refractivity contribution in [3.05, 3.63) is 129 Å². The molecule has 2 heterocycles. The molecule has 0 bridgehead atoms. The Morgan fingerprint density at radius 3 is 1.29 bits per heavy atom. The second-order valence-electron chi connectivity index (χ2n) is 12.2. The van der Waals surface area contributed by atoms with Crippen molar-refractivity contribution in [1.82, 2.24) is 9.80 Å². The average Bonchev–Trinajstić information content (AvgIpc) is 3.64. The zero-order valence-electron chi connectivity index (χ0n) is 26.1. The Morgan fingerprint density at radius 1 is 0.583 bits per heavy atom. The van der Waals surface area contributed by atoms with Crippen LogP contribution < -0.4 is 10.6 Å². The van der Waals surface area contributed by atoms with Crippen LogP contribution in [0.2, 0.25) is 10.0 Å². The van der Waals surface area contributed by atoms with E-state index in [1.54, 1.807) is 34.1 Å².